The Bertz CT molecular complexity index is 795. The number of hydrogen-bond donors (Lipinski definition) is 1. The predicted molar refractivity (Wildman–Crippen MR) is 79.2 cm³/mol. The van der Waals surface area contributed by atoms with E-state index in [-0.39, 0.29) is 5.43 Å². The van der Waals surface area contributed by atoms with Gasteiger partial charge in [0.05, 0.1) is 18.3 Å². The lowest BCUT2D eigenvalue weighted by Crippen LogP contribution is -2.14. The first-order valence-corrected chi connectivity index (χ1v) is 7.07. The van der Waals surface area contributed by atoms with E-state index in [1.165, 1.54) is 17.7 Å². The quantitative estimate of drug-likeness (QED) is 0.791. The summed E-state index contributed by atoms with van der Waals surface area (Å²) in [6, 6.07) is 7.43. The van der Waals surface area contributed by atoms with Gasteiger partial charge in [-0.1, -0.05) is 16.6 Å². The molecule has 3 aromatic rings. The van der Waals surface area contributed by atoms with Crippen LogP contribution in [0, 0.1) is 0 Å². The number of anilines is 1. The third-order valence-corrected chi connectivity index (χ3v) is 3.68. The van der Waals surface area contributed by atoms with Crippen LogP contribution in [0.25, 0.3) is 10.9 Å². The Labute approximate surface area is 119 Å². The van der Waals surface area contributed by atoms with Gasteiger partial charge in [-0.15, -0.1) is 5.10 Å². The molecule has 0 atom stereocenters. The van der Waals surface area contributed by atoms with Crippen molar-refractivity contribution in [3.05, 3.63) is 46.4 Å². The lowest BCUT2D eigenvalue weighted by Gasteiger charge is -2.08. The average Bonchev–Trinajstić information content (AvgIpc) is 2.90. The molecule has 0 aliphatic heterocycles. The number of aromatic nitrogens is 4. The number of para-hydroxylation sites is 1. The van der Waals surface area contributed by atoms with Gasteiger partial charge in [0.1, 0.15) is 10.7 Å². The summed E-state index contributed by atoms with van der Waals surface area (Å²) in [5.41, 5.74) is 1.56. The predicted octanol–water partition coefficient (Wildman–Crippen LogP) is 1.73. The van der Waals surface area contributed by atoms with Crippen molar-refractivity contribution < 1.29 is 0 Å². The average molecular weight is 287 g/mol. The number of fused-ring (bicyclic) bond motifs is 1. The lowest BCUT2D eigenvalue weighted by molar-refractivity contribution is 0.679. The maximum absolute atomic E-state index is 11.8. The van der Waals surface area contributed by atoms with Gasteiger partial charge >= 0.3 is 0 Å². The molecule has 20 heavy (non-hydrogen) atoms. The molecule has 0 radical (unpaired) electrons. The van der Waals surface area contributed by atoms with Crippen molar-refractivity contribution in [3.63, 3.8) is 0 Å². The van der Waals surface area contributed by atoms with Gasteiger partial charge in [-0.25, -0.2) is 0 Å². The summed E-state index contributed by atoms with van der Waals surface area (Å²) in [6.07, 6.45) is 1.34. The molecule has 102 valence electrons. The van der Waals surface area contributed by atoms with Crippen LogP contribution >= 0.6 is 11.5 Å². The molecule has 6 nitrogen and oxygen atoms in total. The van der Waals surface area contributed by atoms with E-state index in [1.807, 2.05) is 25.1 Å². The number of nitrogens with one attached hydrogen (secondary N) is 1. The maximum Gasteiger partial charge on any atom is 0.207 e. The summed E-state index contributed by atoms with van der Waals surface area (Å²) in [7, 11) is 0. The highest BCUT2D eigenvalue weighted by molar-refractivity contribution is 7.10. The monoisotopic (exact) mass is 287 g/mol. The fraction of sp³-hybridized carbons (Fsp3) is 0.231. The minimum absolute atomic E-state index is 0.0693. The topological polar surface area (TPSA) is 72.7 Å². The molecule has 3 rings (SSSR count). The van der Waals surface area contributed by atoms with E-state index >= 15 is 0 Å². The largest absolute Gasteiger partial charge is 0.374 e. The van der Waals surface area contributed by atoms with Crippen LogP contribution in [0.3, 0.4) is 0 Å². The molecule has 0 saturated carbocycles. The molecule has 2 aromatic heterocycles. The van der Waals surface area contributed by atoms with Gasteiger partial charge in [0, 0.05) is 23.5 Å². The zero-order valence-corrected chi connectivity index (χ0v) is 11.7. The first-order valence-electron chi connectivity index (χ1n) is 6.29. The Morgan fingerprint density at radius 3 is 3.05 bits per heavy atom. The molecule has 0 amide bonds. The summed E-state index contributed by atoms with van der Waals surface area (Å²) < 4.78 is 5.73. The number of rotatable bonds is 4. The second-order valence-electron chi connectivity index (χ2n) is 4.26. The van der Waals surface area contributed by atoms with Crippen LogP contribution in [0.5, 0.6) is 0 Å². The van der Waals surface area contributed by atoms with Crippen molar-refractivity contribution in [2.24, 2.45) is 0 Å². The third-order valence-electron chi connectivity index (χ3n) is 2.95. The minimum atomic E-state index is -0.0693. The van der Waals surface area contributed by atoms with E-state index in [1.54, 1.807) is 10.7 Å². The molecule has 0 spiro atoms. The van der Waals surface area contributed by atoms with Crippen LogP contribution in [-0.4, -0.2) is 25.9 Å². The SMILES string of the molecule is CCNc1snnc1Cn1ncc(=O)c2ccccc21. The normalized spacial score (nSPS) is 10.8. The van der Waals surface area contributed by atoms with Gasteiger partial charge in [0.25, 0.3) is 0 Å². The first-order chi connectivity index (χ1) is 9.79. The van der Waals surface area contributed by atoms with Crippen LogP contribution in [-0.2, 0) is 6.54 Å². The summed E-state index contributed by atoms with van der Waals surface area (Å²) >= 11 is 1.33. The second kappa shape index (κ2) is 5.38. The number of nitrogens with zero attached hydrogens (tertiary/aromatic N) is 4. The van der Waals surface area contributed by atoms with Gasteiger partial charge in [-0.2, -0.15) is 5.10 Å². The number of hydrogen-bond acceptors (Lipinski definition) is 6. The van der Waals surface area contributed by atoms with Gasteiger partial charge in [-0.3, -0.25) is 9.48 Å². The molecule has 0 saturated heterocycles. The molecule has 0 unspecified atom stereocenters. The molecule has 1 aromatic carbocycles. The molecular formula is C13H13N5OS. The third kappa shape index (κ3) is 2.27. The smallest absolute Gasteiger partial charge is 0.207 e. The molecular weight excluding hydrogens is 274 g/mol. The van der Waals surface area contributed by atoms with Crippen LogP contribution < -0.4 is 10.7 Å². The Balaban J connectivity index is 2.05. The highest BCUT2D eigenvalue weighted by atomic mass is 32.1. The Morgan fingerprint density at radius 1 is 1.35 bits per heavy atom. The molecule has 0 fully saturated rings. The summed E-state index contributed by atoms with van der Waals surface area (Å²) in [5, 5.41) is 13.2. The Morgan fingerprint density at radius 2 is 2.20 bits per heavy atom. The fourth-order valence-corrected chi connectivity index (χ4v) is 2.68. The highest BCUT2D eigenvalue weighted by Crippen LogP contribution is 2.19. The standard InChI is InChI=1S/C13H13N5OS/c1-2-14-13-10(16-17-20-13)8-18-11-6-4-3-5-9(11)12(19)7-15-18/h3-7,14H,2,8H2,1H3. The molecule has 0 aliphatic rings. The first kappa shape index (κ1) is 12.7. The van der Waals surface area contributed by atoms with Crippen LogP contribution in [0.4, 0.5) is 5.00 Å². The van der Waals surface area contributed by atoms with E-state index in [9.17, 15) is 4.79 Å². The van der Waals surface area contributed by atoms with Gasteiger partial charge in [0.2, 0.25) is 5.43 Å². The minimum Gasteiger partial charge on any atom is -0.374 e. The molecule has 1 N–H and O–H groups in total. The zero-order valence-electron chi connectivity index (χ0n) is 10.9. The van der Waals surface area contributed by atoms with Gasteiger partial charge in [0.15, 0.2) is 0 Å². The number of benzene rings is 1. The molecule has 0 aliphatic carbocycles. The van der Waals surface area contributed by atoms with Crippen LogP contribution in [0.1, 0.15) is 12.6 Å². The maximum atomic E-state index is 11.8. The van der Waals surface area contributed by atoms with Crippen molar-refractivity contribution in [3.8, 4) is 0 Å². The summed E-state index contributed by atoms with van der Waals surface area (Å²) in [5.74, 6) is 0. The van der Waals surface area contributed by atoms with E-state index in [0.29, 0.717) is 11.9 Å². The molecule has 7 heteroatoms. The van der Waals surface area contributed by atoms with Crippen molar-refractivity contribution >= 4 is 27.4 Å². The Hall–Kier alpha value is -2.28. The van der Waals surface area contributed by atoms with E-state index in [0.717, 1.165) is 22.8 Å². The second-order valence-corrected chi connectivity index (χ2v) is 5.02. The van der Waals surface area contributed by atoms with E-state index in [2.05, 4.69) is 20.0 Å². The van der Waals surface area contributed by atoms with Crippen LogP contribution in [0.2, 0.25) is 0 Å². The van der Waals surface area contributed by atoms with Gasteiger partial charge < -0.3 is 5.32 Å². The Kier molecular flexibility index (Phi) is 3.42. The zero-order chi connectivity index (χ0) is 13.9. The van der Waals surface area contributed by atoms with E-state index < -0.39 is 0 Å². The fourth-order valence-electron chi connectivity index (χ4n) is 2.04. The summed E-state index contributed by atoms with van der Waals surface area (Å²) in [6.45, 7) is 3.32. The highest BCUT2D eigenvalue weighted by Gasteiger charge is 2.10. The van der Waals surface area contributed by atoms with Crippen molar-refractivity contribution in [1.29, 1.82) is 0 Å². The van der Waals surface area contributed by atoms with Crippen molar-refractivity contribution in [2.45, 2.75) is 13.5 Å². The molecule has 0 bridgehead atoms. The van der Waals surface area contributed by atoms with Crippen molar-refractivity contribution in [1.82, 2.24) is 19.4 Å². The van der Waals surface area contributed by atoms with Crippen molar-refractivity contribution in [2.75, 3.05) is 11.9 Å². The summed E-state index contributed by atoms with van der Waals surface area (Å²) in [4.78, 5) is 11.8. The molecule has 2 heterocycles. The van der Waals surface area contributed by atoms with E-state index in [4.69, 9.17) is 0 Å². The van der Waals surface area contributed by atoms with Gasteiger partial charge in [-0.05, 0) is 19.1 Å². The lowest BCUT2D eigenvalue weighted by atomic mass is 10.2. The van der Waals surface area contributed by atoms with Crippen LogP contribution in [0.15, 0.2) is 35.3 Å².